The van der Waals surface area contributed by atoms with Crippen molar-refractivity contribution in [1.82, 2.24) is 4.90 Å². The maximum Gasteiger partial charge on any atom is 0.410 e. The van der Waals surface area contributed by atoms with Crippen LogP contribution in [0.5, 0.6) is 0 Å². The van der Waals surface area contributed by atoms with Crippen LogP contribution < -0.4 is 0 Å². The van der Waals surface area contributed by atoms with Crippen LogP contribution in [0, 0.1) is 5.92 Å². The fourth-order valence-corrected chi connectivity index (χ4v) is 3.88. The molecule has 3 atom stereocenters. The van der Waals surface area contributed by atoms with Crippen molar-refractivity contribution in [2.24, 2.45) is 5.92 Å². The molecular weight excluding hydrogens is 278 g/mol. The van der Waals surface area contributed by atoms with E-state index in [2.05, 4.69) is 0 Å². The Morgan fingerprint density at radius 3 is 2.77 bits per heavy atom. The second kappa shape index (κ2) is 6.51. The van der Waals surface area contributed by atoms with E-state index < -0.39 is 0 Å². The fourth-order valence-electron chi connectivity index (χ4n) is 3.88. The Morgan fingerprint density at radius 1 is 1.27 bits per heavy atom. The Kier molecular flexibility index (Phi) is 4.46. The van der Waals surface area contributed by atoms with Crippen LogP contribution in [0.1, 0.15) is 44.6 Å². The van der Waals surface area contributed by atoms with Gasteiger partial charge in [-0.15, -0.1) is 0 Å². The van der Waals surface area contributed by atoms with E-state index in [-0.39, 0.29) is 24.1 Å². The second-order valence-corrected chi connectivity index (χ2v) is 6.28. The molecule has 0 spiro atoms. The average molecular weight is 301 g/mol. The lowest BCUT2D eigenvalue weighted by molar-refractivity contribution is -0.133. The molecule has 0 unspecified atom stereocenters. The Balaban J connectivity index is 1.69. The number of piperidine rings is 2. The van der Waals surface area contributed by atoms with Gasteiger partial charge in [0.15, 0.2) is 0 Å². The van der Waals surface area contributed by atoms with Gasteiger partial charge in [-0.2, -0.15) is 0 Å². The Morgan fingerprint density at radius 2 is 2.05 bits per heavy atom. The fraction of sp³-hybridized carbons (Fsp3) is 0.556. The molecule has 3 rings (SSSR count). The van der Waals surface area contributed by atoms with Gasteiger partial charge in [0, 0.05) is 24.4 Å². The van der Waals surface area contributed by atoms with Crippen molar-refractivity contribution < 1.29 is 14.3 Å². The van der Waals surface area contributed by atoms with E-state index in [0.29, 0.717) is 18.8 Å². The summed E-state index contributed by atoms with van der Waals surface area (Å²) in [5, 5.41) is 0. The Hall–Kier alpha value is -1.84. The van der Waals surface area contributed by atoms with E-state index in [1.807, 2.05) is 42.2 Å². The first-order chi connectivity index (χ1) is 10.7. The van der Waals surface area contributed by atoms with Crippen molar-refractivity contribution in [2.75, 3.05) is 0 Å². The first-order valence-corrected chi connectivity index (χ1v) is 8.22. The molecular formula is C18H23NO3. The topological polar surface area (TPSA) is 46.6 Å². The minimum Gasteiger partial charge on any atom is -0.445 e. The number of nitrogens with zero attached hydrogens (tertiary/aromatic N) is 1. The number of carbonyl (C=O) groups excluding carboxylic acids is 2. The summed E-state index contributed by atoms with van der Waals surface area (Å²) in [4.78, 5) is 26.6. The summed E-state index contributed by atoms with van der Waals surface area (Å²) in [6, 6.07) is 9.78. The molecule has 0 aliphatic carbocycles. The maximum atomic E-state index is 12.5. The van der Waals surface area contributed by atoms with Gasteiger partial charge >= 0.3 is 6.09 Å². The molecule has 0 N–H and O–H groups in total. The highest BCUT2D eigenvalue weighted by molar-refractivity contribution is 5.85. The van der Waals surface area contributed by atoms with Crippen molar-refractivity contribution in [3.05, 3.63) is 35.9 Å². The highest BCUT2D eigenvalue weighted by Gasteiger charge is 2.46. The largest absolute Gasteiger partial charge is 0.445 e. The molecule has 118 valence electrons. The van der Waals surface area contributed by atoms with Gasteiger partial charge in [0.05, 0.1) is 0 Å². The van der Waals surface area contributed by atoms with Crippen LogP contribution in [0.25, 0.3) is 0 Å². The van der Waals surface area contributed by atoms with Crippen LogP contribution in [-0.4, -0.2) is 28.9 Å². The molecule has 4 heteroatoms. The highest BCUT2D eigenvalue weighted by atomic mass is 16.6. The van der Waals surface area contributed by atoms with Crippen molar-refractivity contribution in [2.45, 2.75) is 57.7 Å². The standard InChI is InChI=1S/C18H23NO3/c1-2-15-16-10-6-9-14(11-17(15)20)19(16)18(21)22-12-13-7-4-3-5-8-13/h3-5,7-8,14-16H,2,6,9-12H2,1H3/t14-,15+,16+/m0/s1. The van der Waals surface area contributed by atoms with Crippen molar-refractivity contribution in [3.8, 4) is 0 Å². The molecule has 2 heterocycles. The third-order valence-electron chi connectivity index (χ3n) is 4.96. The predicted molar refractivity (Wildman–Crippen MR) is 83.3 cm³/mol. The quantitative estimate of drug-likeness (QED) is 0.858. The van der Waals surface area contributed by atoms with Crippen LogP contribution in [0.15, 0.2) is 30.3 Å². The first-order valence-electron chi connectivity index (χ1n) is 8.22. The number of ether oxygens (including phenoxy) is 1. The van der Waals surface area contributed by atoms with Crippen LogP contribution >= 0.6 is 0 Å². The van der Waals surface area contributed by atoms with Crippen LogP contribution in [0.2, 0.25) is 0 Å². The van der Waals surface area contributed by atoms with Gasteiger partial charge in [0.1, 0.15) is 12.4 Å². The average Bonchev–Trinajstić information content (AvgIpc) is 2.53. The summed E-state index contributed by atoms with van der Waals surface area (Å²) in [5.74, 6) is 0.310. The van der Waals surface area contributed by atoms with Crippen molar-refractivity contribution in [3.63, 3.8) is 0 Å². The number of ketones is 1. The van der Waals surface area contributed by atoms with Crippen molar-refractivity contribution >= 4 is 11.9 Å². The second-order valence-electron chi connectivity index (χ2n) is 6.28. The summed E-state index contributed by atoms with van der Waals surface area (Å²) in [6.45, 7) is 2.32. The number of Topliss-reactive ketones (excluding diaryl/α,β-unsaturated/α-hetero) is 1. The van der Waals surface area contributed by atoms with E-state index >= 15 is 0 Å². The normalized spacial score (nSPS) is 27.6. The maximum absolute atomic E-state index is 12.5. The third-order valence-corrected chi connectivity index (χ3v) is 4.96. The van der Waals surface area contributed by atoms with Gasteiger partial charge in [-0.1, -0.05) is 37.3 Å². The van der Waals surface area contributed by atoms with Gasteiger partial charge < -0.3 is 9.64 Å². The molecule has 1 aromatic carbocycles. The van der Waals surface area contributed by atoms with E-state index in [1.54, 1.807) is 0 Å². The van der Waals surface area contributed by atoms with Gasteiger partial charge in [-0.05, 0) is 31.2 Å². The van der Waals surface area contributed by atoms with Crippen LogP contribution in [-0.2, 0) is 16.1 Å². The Bertz CT molecular complexity index is 543. The summed E-state index contributed by atoms with van der Waals surface area (Å²) in [7, 11) is 0. The molecule has 4 nitrogen and oxygen atoms in total. The van der Waals surface area contributed by atoms with E-state index in [1.165, 1.54) is 0 Å². The number of carbonyl (C=O) groups is 2. The summed E-state index contributed by atoms with van der Waals surface area (Å²) in [5.41, 5.74) is 0.987. The van der Waals surface area contributed by atoms with Gasteiger partial charge in [-0.3, -0.25) is 4.79 Å². The number of hydrogen-bond acceptors (Lipinski definition) is 3. The lowest BCUT2D eigenvalue weighted by Crippen LogP contribution is -2.59. The predicted octanol–water partition coefficient (Wildman–Crippen LogP) is 3.55. The summed E-state index contributed by atoms with van der Waals surface area (Å²) < 4.78 is 5.51. The molecule has 2 bridgehead atoms. The molecule has 2 aliphatic rings. The zero-order valence-electron chi connectivity index (χ0n) is 13.0. The Labute approximate surface area is 131 Å². The monoisotopic (exact) mass is 301 g/mol. The first kappa shape index (κ1) is 15.1. The van der Waals surface area contributed by atoms with Crippen molar-refractivity contribution in [1.29, 1.82) is 0 Å². The lowest BCUT2D eigenvalue weighted by atomic mass is 9.76. The summed E-state index contributed by atoms with van der Waals surface area (Å²) >= 11 is 0. The molecule has 0 radical (unpaired) electrons. The molecule has 1 amide bonds. The van der Waals surface area contributed by atoms with E-state index in [4.69, 9.17) is 4.74 Å². The molecule has 2 saturated heterocycles. The van der Waals surface area contributed by atoms with Gasteiger partial charge in [0.2, 0.25) is 0 Å². The molecule has 0 aromatic heterocycles. The minimum absolute atomic E-state index is 0.0131. The zero-order valence-corrected chi connectivity index (χ0v) is 13.0. The number of fused-ring (bicyclic) bond motifs is 2. The molecule has 22 heavy (non-hydrogen) atoms. The molecule has 2 fully saturated rings. The van der Waals surface area contributed by atoms with E-state index in [0.717, 1.165) is 31.2 Å². The summed E-state index contributed by atoms with van der Waals surface area (Å²) in [6.07, 6.45) is 3.97. The van der Waals surface area contributed by atoms with Gasteiger partial charge in [-0.25, -0.2) is 4.79 Å². The number of amides is 1. The minimum atomic E-state index is -0.260. The SMILES string of the molecule is CC[C@H]1C(=O)C[C@@H]2CCC[C@H]1N2C(=O)OCc1ccccc1. The molecule has 2 aliphatic heterocycles. The smallest absolute Gasteiger partial charge is 0.410 e. The molecule has 0 saturated carbocycles. The van der Waals surface area contributed by atoms with Gasteiger partial charge in [0.25, 0.3) is 0 Å². The number of rotatable bonds is 3. The number of benzene rings is 1. The number of hydrogen-bond donors (Lipinski definition) is 0. The zero-order chi connectivity index (χ0) is 15.5. The van der Waals surface area contributed by atoms with E-state index in [9.17, 15) is 9.59 Å². The highest BCUT2D eigenvalue weighted by Crippen LogP contribution is 2.37. The third kappa shape index (κ3) is 2.87. The lowest BCUT2D eigenvalue weighted by Gasteiger charge is -2.48. The molecule has 1 aromatic rings. The van der Waals surface area contributed by atoms with Crippen LogP contribution in [0.3, 0.4) is 0 Å². The van der Waals surface area contributed by atoms with Crippen LogP contribution in [0.4, 0.5) is 4.79 Å².